The quantitative estimate of drug-likeness (QED) is 0.789. The summed E-state index contributed by atoms with van der Waals surface area (Å²) in [6.45, 7) is 4.10. The topological polar surface area (TPSA) is 85.2 Å². The van der Waals surface area contributed by atoms with Gasteiger partial charge in [0.25, 0.3) is 5.22 Å². The first-order chi connectivity index (χ1) is 7.04. The van der Waals surface area contributed by atoms with Gasteiger partial charge in [-0.05, 0) is 18.6 Å². The first-order valence-electron chi connectivity index (χ1n) is 4.85. The Morgan fingerprint density at radius 2 is 2.06 bits per heavy atom. The summed E-state index contributed by atoms with van der Waals surface area (Å²) in [6.07, 6.45) is 1.68. The lowest BCUT2D eigenvalue weighted by atomic mass is 10.0. The van der Waals surface area contributed by atoms with Crippen LogP contribution in [-0.4, -0.2) is 27.6 Å². The number of aliphatic hydroxyl groups is 1. The Kier molecular flexibility index (Phi) is 6.98. The van der Waals surface area contributed by atoms with Crippen LogP contribution >= 0.6 is 24.2 Å². The fourth-order valence-corrected chi connectivity index (χ4v) is 1.57. The molecule has 0 saturated carbocycles. The zero-order valence-electron chi connectivity index (χ0n) is 9.58. The first kappa shape index (κ1) is 15.7. The molecule has 0 aliphatic heterocycles. The van der Waals surface area contributed by atoms with Gasteiger partial charge >= 0.3 is 0 Å². The van der Waals surface area contributed by atoms with E-state index in [1.165, 1.54) is 11.8 Å². The Labute approximate surface area is 106 Å². The number of hydrogen-bond donors (Lipinski definition) is 2. The number of hydrogen-bond acceptors (Lipinski definition) is 6. The van der Waals surface area contributed by atoms with Crippen LogP contribution in [0.1, 0.15) is 32.3 Å². The number of nitrogens with zero attached hydrogens (tertiary/aromatic N) is 2. The van der Waals surface area contributed by atoms with Gasteiger partial charge in [-0.2, -0.15) is 0 Å². The molecule has 16 heavy (non-hydrogen) atoms. The Hall–Kier alpha value is -0.300. The van der Waals surface area contributed by atoms with Crippen molar-refractivity contribution in [2.45, 2.75) is 37.6 Å². The van der Waals surface area contributed by atoms with Crippen molar-refractivity contribution in [2.75, 3.05) is 6.26 Å². The molecule has 2 atom stereocenters. The molecule has 0 radical (unpaired) electrons. The van der Waals surface area contributed by atoms with E-state index >= 15 is 0 Å². The molecule has 1 heterocycles. The first-order valence-corrected chi connectivity index (χ1v) is 6.08. The lowest BCUT2D eigenvalue weighted by Crippen LogP contribution is -2.30. The second-order valence-electron chi connectivity index (χ2n) is 3.85. The third-order valence-corrected chi connectivity index (χ3v) is 2.51. The average Bonchev–Trinajstić information content (AvgIpc) is 2.63. The maximum atomic E-state index is 9.82. The summed E-state index contributed by atoms with van der Waals surface area (Å²) >= 11 is 1.34. The molecule has 1 aromatic rings. The van der Waals surface area contributed by atoms with E-state index in [2.05, 4.69) is 10.2 Å². The standard InChI is InChI=1S/C9H17N3O2S.ClH/c1-5(2)4-6(10)7(13)8-11-12-9(14-8)15-3;/h5-7,13H,4,10H2,1-3H3;1H/t6-,7-;/m0./s1. The number of aliphatic hydroxyl groups excluding tert-OH is 1. The minimum atomic E-state index is -0.874. The summed E-state index contributed by atoms with van der Waals surface area (Å²) in [5.74, 6) is 0.630. The van der Waals surface area contributed by atoms with E-state index in [9.17, 15) is 5.11 Å². The van der Waals surface area contributed by atoms with Gasteiger partial charge in [-0.1, -0.05) is 25.6 Å². The molecule has 0 spiro atoms. The molecule has 7 heteroatoms. The number of thioether (sulfide) groups is 1. The molecular weight excluding hydrogens is 250 g/mol. The third-order valence-electron chi connectivity index (χ3n) is 2.00. The summed E-state index contributed by atoms with van der Waals surface area (Å²) in [4.78, 5) is 0. The van der Waals surface area contributed by atoms with Crippen molar-refractivity contribution >= 4 is 24.2 Å². The number of rotatable bonds is 5. The van der Waals surface area contributed by atoms with Gasteiger partial charge in [-0.3, -0.25) is 0 Å². The highest BCUT2D eigenvalue weighted by atomic mass is 35.5. The van der Waals surface area contributed by atoms with E-state index in [4.69, 9.17) is 10.2 Å². The van der Waals surface area contributed by atoms with Crippen LogP contribution in [0.15, 0.2) is 9.64 Å². The molecule has 0 bridgehead atoms. The summed E-state index contributed by atoms with van der Waals surface area (Å²) in [7, 11) is 0. The molecule has 0 fully saturated rings. The van der Waals surface area contributed by atoms with Gasteiger partial charge in [0.2, 0.25) is 5.89 Å². The molecule has 1 aromatic heterocycles. The van der Waals surface area contributed by atoms with E-state index in [1.807, 2.05) is 20.1 Å². The largest absolute Gasteiger partial charge is 0.413 e. The van der Waals surface area contributed by atoms with Crippen LogP contribution in [-0.2, 0) is 0 Å². The molecule has 94 valence electrons. The smallest absolute Gasteiger partial charge is 0.276 e. The van der Waals surface area contributed by atoms with Gasteiger partial charge in [0.1, 0.15) is 6.10 Å². The monoisotopic (exact) mass is 267 g/mol. The van der Waals surface area contributed by atoms with Crippen LogP contribution in [0.5, 0.6) is 0 Å². The number of aromatic nitrogens is 2. The van der Waals surface area contributed by atoms with Crippen molar-refractivity contribution < 1.29 is 9.52 Å². The molecule has 1 rings (SSSR count). The molecule has 0 aliphatic carbocycles. The zero-order valence-corrected chi connectivity index (χ0v) is 11.2. The minimum Gasteiger partial charge on any atom is -0.413 e. The lowest BCUT2D eigenvalue weighted by Gasteiger charge is -2.17. The van der Waals surface area contributed by atoms with Crippen molar-refractivity contribution in [1.29, 1.82) is 0 Å². The van der Waals surface area contributed by atoms with Gasteiger partial charge in [0, 0.05) is 6.04 Å². The van der Waals surface area contributed by atoms with Gasteiger partial charge in [-0.25, -0.2) is 0 Å². The Balaban J connectivity index is 0.00000225. The molecule has 0 unspecified atom stereocenters. The zero-order chi connectivity index (χ0) is 11.4. The molecule has 3 N–H and O–H groups in total. The lowest BCUT2D eigenvalue weighted by molar-refractivity contribution is 0.102. The van der Waals surface area contributed by atoms with Crippen LogP contribution in [0.4, 0.5) is 0 Å². The third kappa shape index (κ3) is 4.29. The van der Waals surface area contributed by atoms with Gasteiger partial charge < -0.3 is 15.3 Å². The highest BCUT2D eigenvalue weighted by molar-refractivity contribution is 7.98. The predicted octanol–water partition coefficient (Wildman–Crippen LogP) is 1.62. The Morgan fingerprint density at radius 3 is 2.50 bits per heavy atom. The van der Waals surface area contributed by atoms with Crippen molar-refractivity contribution in [1.82, 2.24) is 10.2 Å². The van der Waals surface area contributed by atoms with Gasteiger partial charge in [0.05, 0.1) is 0 Å². The summed E-state index contributed by atoms with van der Waals surface area (Å²) in [5, 5.41) is 17.8. The summed E-state index contributed by atoms with van der Waals surface area (Å²) < 4.78 is 5.21. The second kappa shape index (κ2) is 7.11. The molecule has 0 saturated heterocycles. The van der Waals surface area contributed by atoms with Crippen LogP contribution in [0.3, 0.4) is 0 Å². The Morgan fingerprint density at radius 1 is 1.44 bits per heavy atom. The molecule has 0 aliphatic rings. The van der Waals surface area contributed by atoms with E-state index < -0.39 is 6.10 Å². The molecule has 0 amide bonds. The van der Waals surface area contributed by atoms with E-state index in [0.717, 1.165) is 6.42 Å². The van der Waals surface area contributed by atoms with Crippen LogP contribution in [0, 0.1) is 5.92 Å². The normalized spacial score (nSPS) is 14.6. The number of halogens is 1. The van der Waals surface area contributed by atoms with Crippen molar-refractivity contribution in [2.24, 2.45) is 11.7 Å². The van der Waals surface area contributed by atoms with E-state index in [0.29, 0.717) is 11.1 Å². The minimum absolute atomic E-state index is 0. The summed E-state index contributed by atoms with van der Waals surface area (Å²) in [5.41, 5.74) is 5.82. The fourth-order valence-electron chi connectivity index (χ4n) is 1.28. The molecular formula is C9H18ClN3O2S. The van der Waals surface area contributed by atoms with Crippen LogP contribution in [0.25, 0.3) is 0 Å². The van der Waals surface area contributed by atoms with E-state index in [-0.39, 0.29) is 24.3 Å². The van der Waals surface area contributed by atoms with Crippen molar-refractivity contribution in [3.8, 4) is 0 Å². The SMILES string of the molecule is CSc1nnc([C@@H](O)[C@@H](N)CC(C)C)o1.Cl. The van der Waals surface area contributed by atoms with Gasteiger partial charge in [-0.15, -0.1) is 22.6 Å². The highest BCUT2D eigenvalue weighted by Crippen LogP contribution is 2.21. The summed E-state index contributed by atoms with van der Waals surface area (Å²) in [6, 6.07) is -0.361. The average molecular weight is 268 g/mol. The predicted molar refractivity (Wildman–Crippen MR) is 65.7 cm³/mol. The molecule has 5 nitrogen and oxygen atoms in total. The number of nitrogens with two attached hydrogens (primary N) is 1. The Bertz CT molecular complexity index is 309. The highest BCUT2D eigenvalue weighted by Gasteiger charge is 2.23. The van der Waals surface area contributed by atoms with Crippen molar-refractivity contribution in [3.63, 3.8) is 0 Å². The van der Waals surface area contributed by atoms with Gasteiger partial charge in [0.15, 0.2) is 0 Å². The fraction of sp³-hybridized carbons (Fsp3) is 0.778. The maximum Gasteiger partial charge on any atom is 0.276 e. The maximum absolute atomic E-state index is 9.82. The van der Waals surface area contributed by atoms with Crippen LogP contribution < -0.4 is 5.73 Å². The van der Waals surface area contributed by atoms with E-state index in [1.54, 1.807) is 0 Å². The van der Waals surface area contributed by atoms with Crippen LogP contribution in [0.2, 0.25) is 0 Å². The second-order valence-corrected chi connectivity index (χ2v) is 4.61. The van der Waals surface area contributed by atoms with Crippen molar-refractivity contribution in [3.05, 3.63) is 5.89 Å². The molecule has 0 aromatic carbocycles.